The zero-order valence-electron chi connectivity index (χ0n) is 11.0. The highest BCUT2D eigenvalue weighted by molar-refractivity contribution is 5.82. The minimum atomic E-state index is 0.608. The molecule has 3 aliphatic rings. The van der Waals surface area contributed by atoms with Crippen LogP contribution in [-0.4, -0.2) is 23.3 Å². The van der Waals surface area contributed by atoms with Crippen LogP contribution in [0.15, 0.2) is 0 Å². The molecule has 17 heavy (non-hydrogen) atoms. The molecule has 2 saturated carbocycles. The molecule has 2 aliphatic carbocycles. The van der Waals surface area contributed by atoms with Gasteiger partial charge in [0, 0.05) is 18.5 Å². The Morgan fingerprint density at radius 3 is 2.18 bits per heavy atom. The van der Waals surface area contributed by atoms with E-state index in [0.29, 0.717) is 5.92 Å². The molecular formula is C15H26N2. The van der Waals surface area contributed by atoms with Crippen molar-refractivity contribution in [2.75, 3.05) is 6.54 Å². The van der Waals surface area contributed by atoms with Crippen LogP contribution >= 0.6 is 0 Å². The minimum Gasteiger partial charge on any atom is -0.357 e. The highest BCUT2D eigenvalue weighted by Gasteiger charge is 2.36. The van der Waals surface area contributed by atoms with Crippen molar-refractivity contribution in [2.45, 2.75) is 70.3 Å². The van der Waals surface area contributed by atoms with E-state index >= 15 is 0 Å². The molecular weight excluding hydrogens is 208 g/mol. The first-order chi connectivity index (χ1) is 8.36. The van der Waals surface area contributed by atoms with Crippen LogP contribution in [0.2, 0.25) is 0 Å². The van der Waals surface area contributed by atoms with Gasteiger partial charge in [-0.2, -0.15) is 0 Å². The van der Waals surface area contributed by atoms with Gasteiger partial charge in [0.05, 0.1) is 5.84 Å². The molecule has 0 aromatic rings. The topological polar surface area (TPSA) is 27.1 Å². The van der Waals surface area contributed by atoms with Crippen molar-refractivity contribution in [3.63, 3.8) is 0 Å². The van der Waals surface area contributed by atoms with Gasteiger partial charge < -0.3 is 4.90 Å². The highest BCUT2D eigenvalue weighted by atomic mass is 15.2. The van der Waals surface area contributed by atoms with Gasteiger partial charge in [-0.1, -0.05) is 25.7 Å². The summed E-state index contributed by atoms with van der Waals surface area (Å²) in [7, 11) is 0. The molecule has 0 aromatic carbocycles. The first-order valence-corrected chi connectivity index (χ1v) is 7.71. The predicted octanol–water partition coefficient (Wildman–Crippen LogP) is 3.81. The van der Waals surface area contributed by atoms with Crippen molar-refractivity contribution in [1.82, 2.24) is 4.90 Å². The fourth-order valence-corrected chi connectivity index (χ4v) is 4.36. The van der Waals surface area contributed by atoms with E-state index < -0.39 is 0 Å². The van der Waals surface area contributed by atoms with Crippen molar-refractivity contribution in [1.29, 1.82) is 5.41 Å². The molecule has 1 N–H and O–H groups in total. The zero-order valence-corrected chi connectivity index (χ0v) is 11.0. The lowest BCUT2D eigenvalue weighted by atomic mass is 9.94. The quantitative estimate of drug-likeness (QED) is 0.571. The summed E-state index contributed by atoms with van der Waals surface area (Å²) in [6.07, 6.45) is 13.7. The Balaban J connectivity index is 1.65. The number of rotatable bonds is 2. The molecule has 0 radical (unpaired) electrons. The van der Waals surface area contributed by atoms with E-state index in [2.05, 4.69) is 4.90 Å². The van der Waals surface area contributed by atoms with Crippen LogP contribution in [0.3, 0.4) is 0 Å². The molecule has 1 atom stereocenters. The van der Waals surface area contributed by atoms with Crippen LogP contribution in [0.5, 0.6) is 0 Å². The number of hydrogen-bond acceptors (Lipinski definition) is 1. The molecule has 0 aromatic heterocycles. The standard InChI is InChI=1S/C15H26N2/c16-15(13-8-3-4-9-13)17-11-5-10-14(17)12-6-1-2-7-12/h12-14,16H,1-11H2. The lowest BCUT2D eigenvalue weighted by Crippen LogP contribution is -2.41. The summed E-state index contributed by atoms with van der Waals surface area (Å²) in [4.78, 5) is 2.51. The molecule has 2 nitrogen and oxygen atoms in total. The second kappa shape index (κ2) is 4.99. The first kappa shape index (κ1) is 11.6. The van der Waals surface area contributed by atoms with Crippen molar-refractivity contribution in [3.8, 4) is 0 Å². The molecule has 2 heteroatoms. The largest absolute Gasteiger partial charge is 0.357 e. The Bertz CT molecular complexity index is 275. The minimum absolute atomic E-state index is 0.608. The Labute approximate surface area is 105 Å². The second-order valence-corrected chi connectivity index (χ2v) is 6.31. The molecule has 96 valence electrons. The van der Waals surface area contributed by atoms with Crippen LogP contribution < -0.4 is 0 Å². The molecule has 0 amide bonds. The van der Waals surface area contributed by atoms with E-state index in [1.165, 1.54) is 70.8 Å². The van der Waals surface area contributed by atoms with Crippen LogP contribution in [0.4, 0.5) is 0 Å². The van der Waals surface area contributed by atoms with Crippen molar-refractivity contribution < 1.29 is 0 Å². The van der Waals surface area contributed by atoms with Gasteiger partial charge in [0.2, 0.25) is 0 Å². The number of likely N-dealkylation sites (tertiary alicyclic amines) is 1. The third-order valence-corrected chi connectivity index (χ3v) is 5.29. The first-order valence-electron chi connectivity index (χ1n) is 7.71. The van der Waals surface area contributed by atoms with Crippen LogP contribution in [0.1, 0.15) is 64.2 Å². The molecule has 1 heterocycles. The summed E-state index contributed by atoms with van der Waals surface area (Å²) >= 11 is 0. The summed E-state index contributed by atoms with van der Waals surface area (Å²) in [6, 6.07) is 0.741. The third-order valence-electron chi connectivity index (χ3n) is 5.29. The molecule has 1 saturated heterocycles. The summed E-state index contributed by atoms with van der Waals surface area (Å²) < 4.78 is 0. The highest BCUT2D eigenvalue weighted by Crippen LogP contribution is 2.37. The van der Waals surface area contributed by atoms with E-state index in [4.69, 9.17) is 5.41 Å². The lowest BCUT2D eigenvalue weighted by Gasteiger charge is -2.33. The average Bonchev–Trinajstić information content (AvgIpc) is 3.09. The van der Waals surface area contributed by atoms with E-state index in [1.807, 2.05) is 0 Å². The van der Waals surface area contributed by atoms with Gasteiger partial charge in [-0.25, -0.2) is 0 Å². The average molecular weight is 234 g/mol. The van der Waals surface area contributed by atoms with Crippen molar-refractivity contribution in [2.24, 2.45) is 11.8 Å². The van der Waals surface area contributed by atoms with Gasteiger partial charge in [0.25, 0.3) is 0 Å². The maximum atomic E-state index is 8.50. The Hall–Kier alpha value is -0.530. The van der Waals surface area contributed by atoms with Crippen molar-refractivity contribution >= 4 is 5.84 Å². The molecule has 0 spiro atoms. The normalized spacial score (nSPS) is 31.5. The lowest BCUT2D eigenvalue weighted by molar-refractivity contribution is 0.268. The van der Waals surface area contributed by atoms with Gasteiger partial charge >= 0.3 is 0 Å². The number of nitrogens with one attached hydrogen (secondary N) is 1. The molecule has 3 fully saturated rings. The Morgan fingerprint density at radius 1 is 0.824 bits per heavy atom. The Kier molecular flexibility index (Phi) is 3.39. The number of nitrogens with zero attached hydrogens (tertiary/aromatic N) is 1. The van der Waals surface area contributed by atoms with E-state index in [0.717, 1.165) is 17.8 Å². The summed E-state index contributed by atoms with van der Waals surface area (Å²) in [5.74, 6) is 2.54. The zero-order chi connectivity index (χ0) is 11.7. The molecule has 1 aliphatic heterocycles. The van der Waals surface area contributed by atoms with E-state index in [-0.39, 0.29) is 0 Å². The van der Waals surface area contributed by atoms with E-state index in [1.54, 1.807) is 0 Å². The maximum Gasteiger partial charge on any atom is 0.0992 e. The fourth-order valence-electron chi connectivity index (χ4n) is 4.36. The van der Waals surface area contributed by atoms with Crippen LogP contribution in [0, 0.1) is 17.2 Å². The Morgan fingerprint density at radius 2 is 1.47 bits per heavy atom. The maximum absolute atomic E-state index is 8.50. The van der Waals surface area contributed by atoms with Gasteiger partial charge in [-0.05, 0) is 44.4 Å². The molecule has 3 rings (SSSR count). The fraction of sp³-hybridized carbons (Fsp3) is 0.933. The monoisotopic (exact) mass is 234 g/mol. The van der Waals surface area contributed by atoms with Crippen LogP contribution in [-0.2, 0) is 0 Å². The summed E-state index contributed by atoms with van der Waals surface area (Å²) in [6.45, 7) is 1.18. The smallest absolute Gasteiger partial charge is 0.0992 e. The third kappa shape index (κ3) is 2.23. The van der Waals surface area contributed by atoms with Crippen molar-refractivity contribution in [3.05, 3.63) is 0 Å². The number of amidine groups is 1. The molecule has 1 unspecified atom stereocenters. The van der Waals surface area contributed by atoms with Gasteiger partial charge in [-0.15, -0.1) is 0 Å². The number of hydrogen-bond donors (Lipinski definition) is 1. The predicted molar refractivity (Wildman–Crippen MR) is 71.4 cm³/mol. The summed E-state index contributed by atoms with van der Waals surface area (Å²) in [5, 5.41) is 8.50. The van der Waals surface area contributed by atoms with Crippen LogP contribution in [0.25, 0.3) is 0 Å². The SMILES string of the molecule is N=C(C1CCCC1)N1CCCC1C1CCCC1. The van der Waals surface area contributed by atoms with Gasteiger partial charge in [0.15, 0.2) is 0 Å². The molecule has 0 bridgehead atoms. The van der Waals surface area contributed by atoms with Gasteiger partial charge in [0.1, 0.15) is 0 Å². The van der Waals surface area contributed by atoms with E-state index in [9.17, 15) is 0 Å². The second-order valence-electron chi connectivity index (χ2n) is 6.31. The van der Waals surface area contributed by atoms with Gasteiger partial charge in [-0.3, -0.25) is 5.41 Å². The summed E-state index contributed by atoms with van der Waals surface area (Å²) in [5.41, 5.74) is 0.